The molecular weight excluding hydrogens is 545 g/mol. The zero-order chi connectivity index (χ0) is 25.8. The summed E-state index contributed by atoms with van der Waals surface area (Å²) in [5.74, 6) is 2.56. The summed E-state index contributed by atoms with van der Waals surface area (Å²) in [5, 5.41) is 0.732. The van der Waals surface area contributed by atoms with E-state index in [1.54, 1.807) is 28.7 Å². The summed E-state index contributed by atoms with van der Waals surface area (Å²) in [6.45, 7) is 10.1. The van der Waals surface area contributed by atoms with E-state index in [2.05, 4.69) is 34.7 Å². The van der Waals surface area contributed by atoms with Crippen LogP contribution >= 0.6 is 33.2 Å². The molecule has 9 heteroatoms. The lowest BCUT2D eigenvalue weighted by atomic mass is 9.80. The minimum atomic E-state index is -0.532. The fourth-order valence-electron chi connectivity index (χ4n) is 5.17. The van der Waals surface area contributed by atoms with Crippen LogP contribution < -0.4 is 21.7 Å². The molecule has 0 bridgehead atoms. The standard InChI is InChI=1S/C28H29ClN3O2S2.ClH/c1-16-23(15-35-36-18-9-7-8-17(29)12-18)32(11-10-24(16)34-6)26-30-21-13-19-20(14-22(21)31-26)28(4,5)25(33)27(19,2)3;/h7-14H,15H2,1-6H3,(H,30,31);1H/q+1;/p-1. The average molecular weight is 575 g/mol. The normalized spacial score (nSPS) is 15.5. The smallest absolute Gasteiger partial charge is 0.402 e. The maximum absolute atomic E-state index is 13.1. The second-order valence-corrected chi connectivity index (χ2v) is 13.0. The Kier molecular flexibility index (Phi) is 7.65. The van der Waals surface area contributed by atoms with E-state index in [1.807, 2.05) is 58.2 Å². The Morgan fingerprint density at radius 3 is 2.46 bits per heavy atom. The first-order chi connectivity index (χ1) is 17.0. The van der Waals surface area contributed by atoms with Gasteiger partial charge in [-0.2, -0.15) is 0 Å². The van der Waals surface area contributed by atoms with E-state index in [0.717, 1.165) is 60.8 Å². The number of carbonyl (C=O) groups excluding carboxylic acids is 1. The lowest BCUT2D eigenvalue weighted by molar-refractivity contribution is -0.610. The second kappa shape index (κ2) is 10.2. The number of ether oxygens (including phenoxy) is 1. The number of hydrogen-bond acceptors (Lipinski definition) is 5. The maximum atomic E-state index is 13.1. The van der Waals surface area contributed by atoms with Crippen LogP contribution in [-0.4, -0.2) is 22.9 Å². The van der Waals surface area contributed by atoms with Gasteiger partial charge in [-0.15, -0.1) is 0 Å². The summed E-state index contributed by atoms with van der Waals surface area (Å²) >= 11 is 6.16. The third-order valence-electron chi connectivity index (χ3n) is 7.15. The van der Waals surface area contributed by atoms with Crippen LogP contribution in [0, 0.1) is 6.92 Å². The number of imidazole rings is 1. The Morgan fingerprint density at radius 2 is 1.78 bits per heavy atom. The van der Waals surface area contributed by atoms with Crippen molar-refractivity contribution >= 4 is 50.0 Å². The molecule has 2 aromatic heterocycles. The zero-order valence-electron chi connectivity index (χ0n) is 21.6. The van der Waals surface area contributed by atoms with Gasteiger partial charge >= 0.3 is 5.95 Å². The predicted octanol–water partition coefficient (Wildman–Crippen LogP) is 3.89. The van der Waals surface area contributed by atoms with Crippen LogP contribution in [0.1, 0.15) is 50.1 Å². The van der Waals surface area contributed by atoms with Gasteiger partial charge in [-0.3, -0.25) is 4.79 Å². The highest BCUT2D eigenvalue weighted by Crippen LogP contribution is 2.47. The van der Waals surface area contributed by atoms with Crippen molar-refractivity contribution < 1.29 is 26.5 Å². The van der Waals surface area contributed by atoms with Gasteiger partial charge < -0.3 is 17.1 Å². The van der Waals surface area contributed by atoms with E-state index < -0.39 is 10.8 Å². The molecule has 1 aliphatic rings. The number of methoxy groups -OCH3 is 1. The lowest BCUT2D eigenvalue weighted by Gasteiger charge is -2.21. The quantitative estimate of drug-likeness (QED) is 0.280. The molecule has 5 nitrogen and oxygen atoms in total. The number of fused-ring (bicyclic) bond motifs is 2. The molecular formula is C28H29Cl2N3O2S2. The van der Waals surface area contributed by atoms with Crippen LogP contribution in [0.4, 0.5) is 0 Å². The number of benzene rings is 2. The van der Waals surface area contributed by atoms with Crippen LogP contribution in [0.5, 0.6) is 5.75 Å². The zero-order valence-corrected chi connectivity index (χ0v) is 24.8. The number of Topliss-reactive ketones (excluding diaryl/α,β-unsaturated/α-hetero) is 1. The summed E-state index contributed by atoms with van der Waals surface area (Å²) in [4.78, 5) is 22.7. The van der Waals surface area contributed by atoms with Crippen molar-refractivity contribution in [1.29, 1.82) is 0 Å². The number of hydrogen-bond donors (Lipinski definition) is 1. The molecule has 0 spiro atoms. The van der Waals surface area contributed by atoms with Gasteiger partial charge in [-0.25, -0.2) is 9.55 Å². The highest BCUT2D eigenvalue weighted by atomic mass is 35.5. The molecule has 194 valence electrons. The molecule has 0 atom stereocenters. The molecule has 0 amide bonds. The first-order valence-corrected chi connectivity index (χ1v) is 14.5. The largest absolute Gasteiger partial charge is 1.00 e. The van der Waals surface area contributed by atoms with Crippen molar-refractivity contribution in [1.82, 2.24) is 9.97 Å². The van der Waals surface area contributed by atoms with E-state index in [4.69, 9.17) is 21.3 Å². The third kappa shape index (κ3) is 4.76. The Balaban J connectivity index is 0.00000320. The van der Waals surface area contributed by atoms with E-state index in [1.165, 1.54) is 0 Å². The first kappa shape index (κ1) is 27.8. The molecule has 0 unspecified atom stereocenters. The average Bonchev–Trinajstić information content (AvgIpc) is 3.31. The maximum Gasteiger partial charge on any atom is 0.402 e. The van der Waals surface area contributed by atoms with Crippen LogP contribution in [0.15, 0.2) is 53.6 Å². The molecule has 1 N–H and O–H groups in total. The Bertz CT molecular complexity index is 1460. The van der Waals surface area contributed by atoms with Crippen molar-refractivity contribution in [2.75, 3.05) is 7.11 Å². The van der Waals surface area contributed by atoms with E-state index in [0.29, 0.717) is 0 Å². The summed E-state index contributed by atoms with van der Waals surface area (Å²) in [6.07, 6.45) is 1.99. The molecule has 37 heavy (non-hydrogen) atoms. The summed E-state index contributed by atoms with van der Waals surface area (Å²) in [5.41, 5.74) is 5.02. The third-order valence-corrected chi connectivity index (χ3v) is 9.63. The van der Waals surface area contributed by atoms with Gasteiger partial charge in [0.25, 0.3) is 0 Å². The van der Waals surface area contributed by atoms with Gasteiger partial charge in [0.1, 0.15) is 17.0 Å². The predicted molar refractivity (Wildman–Crippen MR) is 149 cm³/mol. The number of carbonyl (C=O) groups is 1. The minimum absolute atomic E-state index is 0. The summed E-state index contributed by atoms with van der Waals surface area (Å²) in [7, 11) is 5.12. The Labute approximate surface area is 236 Å². The van der Waals surface area contributed by atoms with Gasteiger partial charge in [0.2, 0.25) is 0 Å². The van der Waals surface area contributed by atoms with Crippen molar-refractivity contribution in [2.45, 2.75) is 56.1 Å². The topological polar surface area (TPSA) is 58.9 Å². The number of nitrogens with one attached hydrogen (secondary N) is 1. The van der Waals surface area contributed by atoms with E-state index in [9.17, 15) is 4.79 Å². The number of ketones is 1. The second-order valence-electron chi connectivity index (χ2n) is 10.2. The van der Waals surface area contributed by atoms with Crippen LogP contribution in [0.3, 0.4) is 0 Å². The van der Waals surface area contributed by atoms with Gasteiger partial charge in [0.05, 0.1) is 19.1 Å². The van der Waals surface area contributed by atoms with E-state index >= 15 is 0 Å². The van der Waals surface area contributed by atoms with Crippen molar-refractivity contribution in [2.24, 2.45) is 0 Å². The van der Waals surface area contributed by atoms with Crippen molar-refractivity contribution in [3.05, 3.63) is 76.1 Å². The number of halogens is 2. The highest BCUT2D eigenvalue weighted by molar-refractivity contribution is 8.76. The molecule has 0 aliphatic heterocycles. The van der Waals surface area contributed by atoms with Gasteiger partial charge in [0.15, 0.2) is 11.3 Å². The van der Waals surface area contributed by atoms with Crippen LogP contribution in [0.2, 0.25) is 5.02 Å². The van der Waals surface area contributed by atoms with Crippen LogP contribution in [0.25, 0.3) is 17.0 Å². The molecule has 0 saturated carbocycles. The van der Waals surface area contributed by atoms with Crippen LogP contribution in [-0.2, 0) is 21.4 Å². The molecule has 0 radical (unpaired) electrons. The molecule has 1 aliphatic carbocycles. The highest BCUT2D eigenvalue weighted by Gasteiger charge is 2.50. The van der Waals surface area contributed by atoms with Gasteiger partial charge in [-0.1, -0.05) is 44.2 Å². The lowest BCUT2D eigenvalue weighted by Crippen LogP contribution is -3.00. The number of aromatic nitrogens is 3. The van der Waals surface area contributed by atoms with Crippen molar-refractivity contribution in [3.8, 4) is 11.7 Å². The number of pyridine rings is 1. The monoisotopic (exact) mass is 573 g/mol. The SMILES string of the molecule is COc1cc[n+](-c2nc3cc4c(cc3[nH]2)C(C)(C)C(=O)C4(C)C)c(CSSc2cccc(Cl)c2)c1C.[Cl-]. The number of nitrogens with zero attached hydrogens (tertiary/aromatic N) is 2. The minimum Gasteiger partial charge on any atom is -1.00 e. The molecule has 0 fully saturated rings. The van der Waals surface area contributed by atoms with Gasteiger partial charge in [0, 0.05) is 32.4 Å². The fourth-order valence-corrected chi connectivity index (χ4v) is 7.62. The Morgan fingerprint density at radius 1 is 1.08 bits per heavy atom. The van der Waals surface area contributed by atoms with Gasteiger partial charge in [-0.05, 0) is 76.1 Å². The molecule has 2 aromatic carbocycles. The fraction of sp³-hybridized carbons (Fsp3) is 0.321. The molecule has 0 saturated heterocycles. The van der Waals surface area contributed by atoms with Crippen molar-refractivity contribution in [3.63, 3.8) is 0 Å². The summed E-state index contributed by atoms with van der Waals surface area (Å²) in [6, 6.07) is 14.0. The summed E-state index contributed by atoms with van der Waals surface area (Å²) < 4.78 is 7.71. The molecule has 4 aromatic rings. The Hall–Kier alpha value is -2.19. The first-order valence-electron chi connectivity index (χ1n) is 11.8. The number of aromatic amines is 1. The molecule has 5 rings (SSSR count). The number of H-pyrrole nitrogens is 1. The molecule has 2 heterocycles. The van der Waals surface area contributed by atoms with E-state index in [-0.39, 0.29) is 18.2 Å². The number of rotatable bonds is 6.